The maximum atomic E-state index is 12.1. The minimum absolute atomic E-state index is 0. The molecule has 1 unspecified atom stereocenters. The van der Waals surface area contributed by atoms with Crippen LogP contribution in [0, 0.1) is 0 Å². The normalized spacial score (nSPS) is 20.9. The van der Waals surface area contributed by atoms with Crippen molar-refractivity contribution in [2.75, 3.05) is 25.0 Å². The van der Waals surface area contributed by atoms with Crippen LogP contribution in [0.3, 0.4) is 0 Å². The lowest BCUT2D eigenvalue weighted by Crippen LogP contribution is -2.40. The molecular formula is C16H24ClN3O. The average molecular weight is 310 g/mol. The molecule has 4 nitrogen and oxygen atoms in total. The molecule has 1 amide bonds. The fraction of sp³-hybridized carbons (Fsp3) is 0.562. The average Bonchev–Trinajstić information content (AvgIpc) is 3.06. The Labute approximate surface area is 132 Å². The van der Waals surface area contributed by atoms with Gasteiger partial charge in [-0.25, -0.2) is 0 Å². The van der Waals surface area contributed by atoms with Gasteiger partial charge in [-0.05, 0) is 61.9 Å². The van der Waals surface area contributed by atoms with Crippen molar-refractivity contribution in [2.45, 2.75) is 38.1 Å². The van der Waals surface area contributed by atoms with Gasteiger partial charge in [-0.15, -0.1) is 12.4 Å². The van der Waals surface area contributed by atoms with Crippen molar-refractivity contribution in [1.29, 1.82) is 0 Å². The zero-order valence-electron chi connectivity index (χ0n) is 12.3. The highest BCUT2D eigenvalue weighted by Gasteiger charge is 2.24. The maximum absolute atomic E-state index is 12.1. The highest BCUT2D eigenvalue weighted by molar-refractivity contribution is 5.92. The van der Waals surface area contributed by atoms with Gasteiger partial charge in [0.1, 0.15) is 0 Å². The van der Waals surface area contributed by atoms with E-state index in [-0.39, 0.29) is 18.3 Å². The van der Waals surface area contributed by atoms with E-state index in [2.05, 4.69) is 22.3 Å². The van der Waals surface area contributed by atoms with Gasteiger partial charge in [0.25, 0.3) is 0 Å². The predicted molar refractivity (Wildman–Crippen MR) is 88.0 cm³/mol. The fourth-order valence-electron chi connectivity index (χ4n) is 3.40. The third-order valence-corrected chi connectivity index (χ3v) is 4.50. The molecule has 0 bridgehead atoms. The van der Waals surface area contributed by atoms with Crippen LogP contribution in [0.4, 0.5) is 5.69 Å². The molecule has 21 heavy (non-hydrogen) atoms. The summed E-state index contributed by atoms with van der Waals surface area (Å²) in [6, 6.07) is 6.67. The van der Waals surface area contributed by atoms with E-state index in [0.29, 0.717) is 19.1 Å². The zero-order valence-corrected chi connectivity index (χ0v) is 13.1. The molecule has 3 N–H and O–H groups in total. The Kier molecular flexibility index (Phi) is 5.62. The molecule has 1 aromatic rings. The summed E-state index contributed by atoms with van der Waals surface area (Å²) in [4.78, 5) is 14.3. The number of carbonyl (C=O) groups is 1. The number of fused-ring (bicyclic) bond motifs is 1. The summed E-state index contributed by atoms with van der Waals surface area (Å²) in [5.41, 5.74) is 9.50. The van der Waals surface area contributed by atoms with E-state index in [1.165, 1.54) is 24.0 Å². The van der Waals surface area contributed by atoms with E-state index < -0.39 is 0 Å². The van der Waals surface area contributed by atoms with Gasteiger partial charge in [0.2, 0.25) is 5.91 Å². The molecule has 1 fully saturated rings. The van der Waals surface area contributed by atoms with Gasteiger partial charge in [0, 0.05) is 18.3 Å². The summed E-state index contributed by atoms with van der Waals surface area (Å²) < 4.78 is 0. The molecule has 116 valence electrons. The van der Waals surface area contributed by atoms with Gasteiger partial charge in [0.15, 0.2) is 0 Å². The van der Waals surface area contributed by atoms with Gasteiger partial charge in [-0.3, -0.25) is 9.69 Å². The number of carbonyl (C=O) groups excluding carboxylic acids is 1. The van der Waals surface area contributed by atoms with Gasteiger partial charge in [-0.2, -0.15) is 0 Å². The predicted octanol–water partition coefficient (Wildman–Crippen LogP) is 1.96. The van der Waals surface area contributed by atoms with E-state index in [0.717, 1.165) is 31.5 Å². The number of anilines is 1. The maximum Gasteiger partial charge on any atom is 0.238 e. The molecule has 1 atom stereocenters. The summed E-state index contributed by atoms with van der Waals surface area (Å²) in [6.45, 7) is 2.09. The molecule has 0 saturated carbocycles. The van der Waals surface area contributed by atoms with Crippen LogP contribution in [0.1, 0.15) is 30.4 Å². The molecule has 1 aliphatic carbocycles. The Hall–Kier alpha value is -1.10. The molecule has 0 radical (unpaired) electrons. The molecule has 0 spiro atoms. The Bertz CT molecular complexity index is 506. The first-order chi connectivity index (χ1) is 9.76. The number of hydrogen-bond acceptors (Lipinski definition) is 3. The summed E-state index contributed by atoms with van der Waals surface area (Å²) in [6.07, 6.45) is 5.81. The first kappa shape index (κ1) is 16.3. The molecule has 1 aliphatic heterocycles. The topological polar surface area (TPSA) is 58.4 Å². The number of halogens is 1. The standard InChI is InChI=1S/C16H23N3O.ClH/c17-10-15-5-2-8-19(15)11-16(20)18-14-7-6-12-3-1-4-13(12)9-14;/h6-7,9,15H,1-5,8,10-11,17H2,(H,18,20);1H. The zero-order chi connectivity index (χ0) is 13.9. The molecule has 5 heteroatoms. The number of benzene rings is 1. The second-order valence-electron chi connectivity index (χ2n) is 5.89. The third-order valence-electron chi connectivity index (χ3n) is 4.50. The van der Waals surface area contributed by atoms with Crippen LogP contribution in [0.15, 0.2) is 18.2 Å². The second-order valence-corrected chi connectivity index (χ2v) is 5.89. The van der Waals surface area contributed by atoms with Gasteiger partial charge in [-0.1, -0.05) is 6.07 Å². The lowest BCUT2D eigenvalue weighted by Gasteiger charge is -2.22. The lowest BCUT2D eigenvalue weighted by atomic mass is 10.1. The molecule has 3 rings (SSSR count). The van der Waals surface area contributed by atoms with Crippen LogP contribution >= 0.6 is 12.4 Å². The minimum atomic E-state index is 0. The number of aryl methyl sites for hydroxylation is 2. The monoisotopic (exact) mass is 309 g/mol. The van der Waals surface area contributed by atoms with Crippen molar-refractivity contribution in [1.82, 2.24) is 4.90 Å². The molecule has 1 aromatic carbocycles. The van der Waals surface area contributed by atoms with Crippen LogP contribution in [0.25, 0.3) is 0 Å². The van der Waals surface area contributed by atoms with Crippen LogP contribution in [0.2, 0.25) is 0 Å². The van der Waals surface area contributed by atoms with Gasteiger partial charge >= 0.3 is 0 Å². The Morgan fingerprint density at radius 1 is 1.29 bits per heavy atom. The Balaban J connectivity index is 0.00000161. The second kappa shape index (κ2) is 7.25. The number of rotatable bonds is 4. The van der Waals surface area contributed by atoms with E-state index in [9.17, 15) is 4.79 Å². The minimum Gasteiger partial charge on any atom is -0.329 e. The molecule has 1 heterocycles. The lowest BCUT2D eigenvalue weighted by molar-refractivity contribution is -0.117. The first-order valence-electron chi connectivity index (χ1n) is 7.62. The Morgan fingerprint density at radius 3 is 2.90 bits per heavy atom. The van der Waals surface area contributed by atoms with Crippen LogP contribution in [-0.2, 0) is 17.6 Å². The molecule has 2 aliphatic rings. The summed E-state index contributed by atoms with van der Waals surface area (Å²) >= 11 is 0. The summed E-state index contributed by atoms with van der Waals surface area (Å²) in [5.74, 6) is 0.0725. The van der Waals surface area contributed by atoms with Crippen molar-refractivity contribution < 1.29 is 4.79 Å². The largest absolute Gasteiger partial charge is 0.329 e. The van der Waals surface area contributed by atoms with Crippen molar-refractivity contribution in [3.63, 3.8) is 0 Å². The first-order valence-corrected chi connectivity index (χ1v) is 7.62. The molecular weight excluding hydrogens is 286 g/mol. The van der Waals surface area contributed by atoms with Crippen LogP contribution in [0.5, 0.6) is 0 Å². The van der Waals surface area contributed by atoms with Gasteiger partial charge < -0.3 is 11.1 Å². The van der Waals surface area contributed by atoms with Crippen molar-refractivity contribution in [3.8, 4) is 0 Å². The quantitative estimate of drug-likeness (QED) is 0.894. The number of likely N-dealkylation sites (tertiary alicyclic amines) is 1. The van der Waals surface area contributed by atoms with Crippen molar-refractivity contribution in [3.05, 3.63) is 29.3 Å². The fourth-order valence-corrected chi connectivity index (χ4v) is 3.40. The summed E-state index contributed by atoms with van der Waals surface area (Å²) in [7, 11) is 0. The Morgan fingerprint density at radius 2 is 2.10 bits per heavy atom. The molecule has 1 saturated heterocycles. The van der Waals surface area contributed by atoms with Crippen LogP contribution in [-0.4, -0.2) is 36.5 Å². The van der Waals surface area contributed by atoms with Crippen molar-refractivity contribution >= 4 is 24.0 Å². The van der Waals surface area contributed by atoms with E-state index in [1.54, 1.807) is 0 Å². The summed E-state index contributed by atoms with van der Waals surface area (Å²) in [5, 5.41) is 3.02. The third kappa shape index (κ3) is 3.76. The number of nitrogens with two attached hydrogens (primary N) is 1. The van der Waals surface area contributed by atoms with Crippen molar-refractivity contribution in [2.24, 2.45) is 5.73 Å². The molecule has 0 aromatic heterocycles. The van der Waals surface area contributed by atoms with E-state index in [1.807, 2.05) is 6.07 Å². The smallest absolute Gasteiger partial charge is 0.238 e. The number of nitrogens with one attached hydrogen (secondary N) is 1. The highest BCUT2D eigenvalue weighted by atomic mass is 35.5. The van der Waals surface area contributed by atoms with Crippen LogP contribution < -0.4 is 11.1 Å². The highest BCUT2D eigenvalue weighted by Crippen LogP contribution is 2.25. The van der Waals surface area contributed by atoms with E-state index >= 15 is 0 Å². The number of amides is 1. The SMILES string of the molecule is Cl.NCC1CCCN1CC(=O)Nc1ccc2c(c1)CCC2. The number of hydrogen-bond donors (Lipinski definition) is 2. The number of nitrogens with zero attached hydrogens (tertiary/aromatic N) is 1. The van der Waals surface area contributed by atoms with Gasteiger partial charge in [0.05, 0.1) is 6.54 Å². The van der Waals surface area contributed by atoms with E-state index in [4.69, 9.17) is 5.73 Å².